The molecule has 0 spiro atoms. The van der Waals surface area contributed by atoms with Gasteiger partial charge in [0.05, 0.1) is 28.4 Å². The molecule has 1 unspecified atom stereocenters. The first kappa shape index (κ1) is 22.1. The monoisotopic (exact) mass is 498 g/mol. The van der Waals surface area contributed by atoms with Crippen LogP contribution in [-0.4, -0.2) is 41.7 Å². The number of sulfonamides is 1. The van der Waals surface area contributed by atoms with Gasteiger partial charge in [-0.05, 0) is 48.6 Å². The third-order valence-corrected chi connectivity index (χ3v) is 9.95. The second-order valence-corrected chi connectivity index (χ2v) is 12.0. The smallest absolute Gasteiger partial charge is 0.252 e. The van der Waals surface area contributed by atoms with Gasteiger partial charge in [0, 0.05) is 19.3 Å². The van der Waals surface area contributed by atoms with E-state index < -0.39 is 15.9 Å². The lowest BCUT2D eigenvalue weighted by molar-refractivity contribution is -0.123. The molecule has 1 fully saturated rings. The van der Waals surface area contributed by atoms with Crippen molar-refractivity contribution in [2.24, 2.45) is 5.92 Å². The lowest BCUT2D eigenvalue weighted by Gasteiger charge is -2.33. The third kappa shape index (κ3) is 4.56. The predicted molar refractivity (Wildman–Crippen MR) is 131 cm³/mol. The summed E-state index contributed by atoms with van der Waals surface area (Å²) < 4.78 is 28.9. The van der Waals surface area contributed by atoms with E-state index in [2.05, 4.69) is 4.98 Å². The zero-order valence-corrected chi connectivity index (χ0v) is 20.2. The number of benzene rings is 1. The molecule has 1 aromatic carbocycles. The van der Waals surface area contributed by atoms with Gasteiger partial charge in [0.2, 0.25) is 5.91 Å². The van der Waals surface area contributed by atoms with Crippen LogP contribution in [0.15, 0.2) is 70.4 Å². The maximum atomic E-state index is 13.8. The van der Waals surface area contributed by atoms with Crippen LogP contribution in [0.5, 0.6) is 0 Å². The van der Waals surface area contributed by atoms with E-state index in [-0.39, 0.29) is 19.0 Å². The number of para-hydroxylation sites is 1. The maximum Gasteiger partial charge on any atom is 0.252 e. The number of fused-ring (bicyclic) bond motifs is 1. The van der Waals surface area contributed by atoms with Crippen molar-refractivity contribution in [1.82, 2.24) is 14.3 Å². The fourth-order valence-corrected chi connectivity index (χ4v) is 7.63. The van der Waals surface area contributed by atoms with E-state index in [1.54, 1.807) is 28.6 Å². The van der Waals surface area contributed by atoms with Crippen molar-refractivity contribution >= 4 is 54.0 Å². The predicted octanol–water partition coefficient (Wildman–Crippen LogP) is 4.39. The Morgan fingerprint density at radius 3 is 2.73 bits per heavy atom. The normalized spacial score (nSPS) is 17.3. The molecular formula is C23H22N4O3S3. The number of carbonyl (C=O) groups is 1. The molecule has 0 saturated carbocycles. The molecule has 1 aliphatic rings. The third-order valence-electron chi connectivity index (χ3n) is 5.65. The highest BCUT2D eigenvalue weighted by atomic mass is 32.2. The standard InChI is InChI=1S/C23H22N4O3S3/c28-22(17-7-5-13-26(15-17)33(29,30)21-11-6-14-31-21)27(16-18-8-3-4-12-24-18)23-25-19-9-1-2-10-20(19)32-23/h1-4,6,8-12,14,17H,5,7,13,15-16H2. The molecule has 1 amide bonds. The van der Waals surface area contributed by atoms with Crippen LogP contribution in [-0.2, 0) is 21.4 Å². The number of amides is 1. The van der Waals surface area contributed by atoms with E-state index in [1.807, 2.05) is 42.5 Å². The quantitative estimate of drug-likeness (QED) is 0.394. The lowest BCUT2D eigenvalue weighted by atomic mass is 9.98. The van der Waals surface area contributed by atoms with Gasteiger partial charge < -0.3 is 0 Å². The van der Waals surface area contributed by atoms with Crippen molar-refractivity contribution in [3.63, 3.8) is 0 Å². The largest absolute Gasteiger partial charge is 0.282 e. The van der Waals surface area contributed by atoms with E-state index in [4.69, 9.17) is 4.98 Å². The summed E-state index contributed by atoms with van der Waals surface area (Å²) in [5.41, 5.74) is 1.59. The fraction of sp³-hybridized carbons (Fsp3) is 0.261. The van der Waals surface area contributed by atoms with Gasteiger partial charge in [-0.3, -0.25) is 14.7 Å². The number of aromatic nitrogens is 2. The first-order valence-corrected chi connectivity index (χ1v) is 13.8. The van der Waals surface area contributed by atoms with Crippen molar-refractivity contribution in [3.8, 4) is 0 Å². The van der Waals surface area contributed by atoms with Gasteiger partial charge in [-0.25, -0.2) is 13.4 Å². The number of thiophene rings is 1. The average molecular weight is 499 g/mol. The Kier molecular flexibility index (Phi) is 6.24. The summed E-state index contributed by atoms with van der Waals surface area (Å²) >= 11 is 2.66. The van der Waals surface area contributed by atoms with Crippen molar-refractivity contribution in [3.05, 3.63) is 71.9 Å². The van der Waals surface area contributed by atoms with Crippen molar-refractivity contribution in [1.29, 1.82) is 0 Å². The van der Waals surface area contributed by atoms with Crippen molar-refractivity contribution in [2.75, 3.05) is 18.0 Å². The number of nitrogens with zero attached hydrogens (tertiary/aromatic N) is 4. The number of hydrogen-bond acceptors (Lipinski definition) is 7. The van der Waals surface area contributed by atoms with Crippen molar-refractivity contribution in [2.45, 2.75) is 23.6 Å². The number of piperidine rings is 1. The Bertz CT molecular complexity index is 1320. The fourth-order valence-electron chi connectivity index (χ4n) is 3.99. The van der Waals surface area contributed by atoms with Crippen LogP contribution in [0, 0.1) is 5.92 Å². The van der Waals surface area contributed by atoms with Gasteiger partial charge in [0.15, 0.2) is 5.13 Å². The van der Waals surface area contributed by atoms with Gasteiger partial charge in [0.25, 0.3) is 10.0 Å². The van der Waals surface area contributed by atoms with Crippen LogP contribution >= 0.6 is 22.7 Å². The van der Waals surface area contributed by atoms with Gasteiger partial charge in [-0.15, -0.1) is 11.3 Å². The highest BCUT2D eigenvalue weighted by Gasteiger charge is 2.36. The van der Waals surface area contributed by atoms with E-state index in [1.165, 1.54) is 27.0 Å². The van der Waals surface area contributed by atoms with Gasteiger partial charge >= 0.3 is 0 Å². The number of pyridine rings is 1. The molecule has 0 aliphatic carbocycles. The minimum absolute atomic E-state index is 0.120. The van der Waals surface area contributed by atoms with E-state index in [0.717, 1.165) is 15.9 Å². The SMILES string of the molecule is O=C(C1CCCN(S(=O)(=O)c2cccs2)C1)N(Cc1ccccn1)c1nc2ccccc2s1. The molecule has 1 aliphatic heterocycles. The van der Waals surface area contributed by atoms with E-state index >= 15 is 0 Å². The zero-order valence-electron chi connectivity index (χ0n) is 17.7. The molecule has 3 aromatic heterocycles. The van der Waals surface area contributed by atoms with Gasteiger partial charge in [-0.2, -0.15) is 4.31 Å². The summed E-state index contributed by atoms with van der Waals surface area (Å²) in [5, 5.41) is 2.35. The molecule has 0 radical (unpaired) electrons. The first-order valence-electron chi connectivity index (χ1n) is 10.6. The average Bonchev–Trinajstić information content (AvgIpc) is 3.53. The summed E-state index contributed by atoms with van der Waals surface area (Å²) in [7, 11) is -3.60. The van der Waals surface area contributed by atoms with Crippen LogP contribution in [0.2, 0.25) is 0 Å². The Morgan fingerprint density at radius 2 is 1.97 bits per heavy atom. The molecular weight excluding hydrogens is 476 g/mol. The maximum absolute atomic E-state index is 13.8. The second kappa shape index (κ2) is 9.30. The molecule has 7 nitrogen and oxygen atoms in total. The Labute approximate surface area is 200 Å². The van der Waals surface area contributed by atoms with Crippen LogP contribution in [0.1, 0.15) is 18.5 Å². The second-order valence-electron chi connectivity index (χ2n) is 7.84. The highest BCUT2D eigenvalue weighted by Crippen LogP contribution is 2.33. The first-order chi connectivity index (χ1) is 16.0. The molecule has 1 saturated heterocycles. The Balaban J connectivity index is 1.45. The molecule has 0 N–H and O–H groups in total. The highest BCUT2D eigenvalue weighted by molar-refractivity contribution is 7.91. The summed E-state index contributed by atoms with van der Waals surface area (Å²) in [4.78, 5) is 24.5. The van der Waals surface area contributed by atoms with Crippen molar-refractivity contribution < 1.29 is 13.2 Å². The molecule has 0 bridgehead atoms. The number of rotatable bonds is 6. The summed E-state index contributed by atoms with van der Waals surface area (Å²) in [6.07, 6.45) is 2.98. The summed E-state index contributed by atoms with van der Waals surface area (Å²) in [5.74, 6) is -0.560. The minimum Gasteiger partial charge on any atom is -0.282 e. The molecule has 170 valence electrons. The summed E-state index contributed by atoms with van der Waals surface area (Å²) in [6.45, 7) is 0.877. The molecule has 4 heterocycles. The van der Waals surface area contributed by atoms with E-state index in [0.29, 0.717) is 28.7 Å². The van der Waals surface area contributed by atoms with E-state index in [9.17, 15) is 13.2 Å². The summed E-state index contributed by atoms with van der Waals surface area (Å²) in [6, 6.07) is 16.7. The Morgan fingerprint density at radius 1 is 1.12 bits per heavy atom. The molecule has 1 atom stereocenters. The van der Waals surface area contributed by atoms with Gasteiger partial charge in [0.1, 0.15) is 4.21 Å². The topological polar surface area (TPSA) is 83.5 Å². The minimum atomic E-state index is -3.60. The lowest BCUT2D eigenvalue weighted by Crippen LogP contribution is -2.46. The van der Waals surface area contributed by atoms with Gasteiger partial charge in [-0.1, -0.05) is 35.6 Å². The molecule has 4 aromatic rings. The zero-order chi connectivity index (χ0) is 22.8. The number of anilines is 1. The van der Waals surface area contributed by atoms with Crippen LogP contribution < -0.4 is 4.90 Å². The van der Waals surface area contributed by atoms with Crippen LogP contribution in [0.4, 0.5) is 5.13 Å². The molecule has 10 heteroatoms. The Hall–Kier alpha value is -2.66. The van der Waals surface area contributed by atoms with Crippen LogP contribution in [0.25, 0.3) is 10.2 Å². The number of carbonyl (C=O) groups excluding carboxylic acids is 1. The van der Waals surface area contributed by atoms with Crippen LogP contribution in [0.3, 0.4) is 0 Å². The number of hydrogen-bond donors (Lipinski definition) is 0. The molecule has 33 heavy (non-hydrogen) atoms. The number of thiazole rings is 1. The molecule has 5 rings (SSSR count).